The molecule has 5 heteroatoms. The maximum Gasteiger partial charge on any atom is 0.178 e. The molecule has 0 aliphatic heterocycles. The van der Waals surface area contributed by atoms with E-state index in [2.05, 4.69) is 41.0 Å². The second-order valence-corrected chi connectivity index (χ2v) is 5.82. The van der Waals surface area contributed by atoms with E-state index >= 15 is 0 Å². The third-order valence-corrected chi connectivity index (χ3v) is 2.71. The average Bonchev–Trinajstić information content (AvgIpc) is 2.37. The fourth-order valence-corrected chi connectivity index (χ4v) is 1.57. The first-order chi connectivity index (χ1) is 8.94. The molecule has 0 spiro atoms. The Morgan fingerprint density at radius 2 is 1.74 bits per heavy atom. The summed E-state index contributed by atoms with van der Waals surface area (Å²) in [6, 6.07) is 3.59. The van der Waals surface area contributed by atoms with E-state index in [0.29, 0.717) is 10.8 Å². The van der Waals surface area contributed by atoms with Crippen LogP contribution in [0.1, 0.15) is 26.3 Å². The average molecular weight is 277 g/mol. The van der Waals surface area contributed by atoms with Gasteiger partial charge in [0, 0.05) is 36.2 Å². The largest absolute Gasteiger partial charge is 0.308 e. The molecule has 0 atom stereocenters. The van der Waals surface area contributed by atoms with Crippen molar-refractivity contribution in [2.24, 2.45) is 0 Å². The van der Waals surface area contributed by atoms with Crippen LogP contribution in [-0.2, 0) is 6.54 Å². The summed E-state index contributed by atoms with van der Waals surface area (Å²) in [5.74, 6) is 0.608. The summed E-state index contributed by atoms with van der Waals surface area (Å²) in [7, 11) is 0. The zero-order valence-electron chi connectivity index (χ0n) is 11.3. The lowest BCUT2D eigenvalue weighted by atomic mass is 10.1. The molecule has 0 unspecified atom stereocenters. The van der Waals surface area contributed by atoms with E-state index in [0.717, 1.165) is 17.8 Å². The molecule has 0 aliphatic rings. The van der Waals surface area contributed by atoms with Gasteiger partial charge in [0.1, 0.15) is 5.69 Å². The van der Waals surface area contributed by atoms with Gasteiger partial charge in [-0.2, -0.15) is 0 Å². The van der Waals surface area contributed by atoms with Crippen molar-refractivity contribution in [1.82, 2.24) is 20.3 Å². The second-order valence-electron chi connectivity index (χ2n) is 5.38. The molecule has 0 fully saturated rings. The van der Waals surface area contributed by atoms with Crippen LogP contribution in [0, 0.1) is 0 Å². The number of nitrogens with one attached hydrogen (secondary N) is 1. The molecule has 0 aromatic carbocycles. The lowest BCUT2D eigenvalue weighted by molar-refractivity contribution is 0.423. The number of pyridine rings is 1. The van der Waals surface area contributed by atoms with Gasteiger partial charge >= 0.3 is 0 Å². The lowest BCUT2D eigenvalue weighted by Crippen LogP contribution is -2.35. The Hall–Kier alpha value is -1.52. The smallest absolute Gasteiger partial charge is 0.178 e. The van der Waals surface area contributed by atoms with Crippen molar-refractivity contribution in [2.45, 2.75) is 32.9 Å². The number of halogens is 1. The standard InChI is InChI=1S/C14H17ClN4/c1-14(2,3)19-8-10-6-17-13(18-7-10)12-5-4-11(15)9-16-12/h4-7,9,19H,8H2,1-3H3. The van der Waals surface area contributed by atoms with Crippen LogP contribution in [0.2, 0.25) is 5.02 Å². The van der Waals surface area contributed by atoms with E-state index in [-0.39, 0.29) is 5.54 Å². The minimum absolute atomic E-state index is 0.0798. The van der Waals surface area contributed by atoms with Crippen molar-refractivity contribution < 1.29 is 0 Å². The first-order valence-electron chi connectivity index (χ1n) is 6.12. The molecular weight excluding hydrogens is 260 g/mol. The van der Waals surface area contributed by atoms with E-state index in [9.17, 15) is 0 Å². The van der Waals surface area contributed by atoms with Crippen LogP contribution in [0.4, 0.5) is 0 Å². The van der Waals surface area contributed by atoms with Crippen molar-refractivity contribution in [3.63, 3.8) is 0 Å². The van der Waals surface area contributed by atoms with Crippen molar-refractivity contribution in [3.8, 4) is 11.5 Å². The monoisotopic (exact) mass is 276 g/mol. The van der Waals surface area contributed by atoms with Crippen molar-refractivity contribution >= 4 is 11.6 Å². The lowest BCUT2D eigenvalue weighted by Gasteiger charge is -2.20. The first-order valence-corrected chi connectivity index (χ1v) is 6.50. The molecule has 1 N–H and O–H groups in total. The van der Waals surface area contributed by atoms with Gasteiger partial charge in [-0.05, 0) is 32.9 Å². The van der Waals surface area contributed by atoms with Crippen LogP contribution >= 0.6 is 11.6 Å². The molecule has 100 valence electrons. The number of aromatic nitrogens is 3. The minimum atomic E-state index is 0.0798. The SMILES string of the molecule is CC(C)(C)NCc1cnc(-c2ccc(Cl)cn2)nc1. The van der Waals surface area contributed by atoms with Crippen molar-refractivity contribution in [3.05, 3.63) is 41.3 Å². The molecule has 0 amide bonds. The summed E-state index contributed by atoms with van der Waals surface area (Å²) >= 11 is 5.80. The van der Waals surface area contributed by atoms with E-state index in [1.54, 1.807) is 12.3 Å². The molecule has 0 radical (unpaired) electrons. The zero-order chi connectivity index (χ0) is 13.9. The van der Waals surface area contributed by atoms with Crippen molar-refractivity contribution in [1.29, 1.82) is 0 Å². The number of hydrogen-bond acceptors (Lipinski definition) is 4. The Labute approximate surface area is 118 Å². The van der Waals surface area contributed by atoms with Crippen LogP contribution < -0.4 is 5.32 Å². The molecular formula is C14H17ClN4. The molecule has 19 heavy (non-hydrogen) atoms. The normalized spacial score (nSPS) is 11.6. The van der Waals surface area contributed by atoms with Crippen LogP contribution in [0.15, 0.2) is 30.7 Å². The fraction of sp³-hybridized carbons (Fsp3) is 0.357. The molecule has 2 aromatic rings. The number of hydrogen-bond donors (Lipinski definition) is 1. The molecule has 0 saturated heterocycles. The number of nitrogens with zero attached hydrogens (tertiary/aromatic N) is 3. The van der Waals surface area contributed by atoms with Gasteiger partial charge in [0.05, 0.1) is 5.02 Å². The second kappa shape index (κ2) is 5.63. The Bertz CT molecular complexity index is 529. The highest BCUT2D eigenvalue weighted by Crippen LogP contribution is 2.14. The van der Waals surface area contributed by atoms with E-state index < -0.39 is 0 Å². The van der Waals surface area contributed by atoms with Crippen LogP contribution in [-0.4, -0.2) is 20.5 Å². The Morgan fingerprint density at radius 1 is 1.05 bits per heavy atom. The molecule has 0 saturated carbocycles. The summed E-state index contributed by atoms with van der Waals surface area (Å²) in [5.41, 5.74) is 1.85. The summed E-state index contributed by atoms with van der Waals surface area (Å²) < 4.78 is 0. The predicted octanol–water partition coefficient (Wildman–Crippen LogP) is 3.08. The number of rotatable bonds is 3. The van der Waals surface area contributed by atoms with Gasteiger partial charge in [-0.25, -0.2) is 9.97 Å². The van der Waals surface area contributed by atoms with Crippen LogP contribution in [0.5, 0.6) is 0 Å². The third kappa shape index (κ3) is 4.26. The predicted molar refractivity (Wildman–Crippen MR) is 76.9 cm³/mol. The van der Waals surface area contributed by atoms with Crippen LogP contribution in [0.3, 0.4) is 0 Å². The Kier molecular flexibility index (Phi) is 4.12. The topological polar surface area (TPSA) is 50.7 Å². The van der Waals surface area contributed by atoms with Gasteiger partial charge in [0.2, 0.25) is 0 Å². The molecule has 4 nitrogen and oxygen atoms in total. The fourth-order valence-electron chi connectivity index (χ4n) is 1.45. The first kappa shape index (κ1) is 13.9. The summed E-state index contributed by atoms with van der Waals surface area (Å²) in [4.78, 5) is 12.8. The maximum absolute atomic E-state index is 5.80. The minimum Gasteiger partial charge on any atom is -0.308 e. The molecule has 2 rings (SSSR count). The van der Waals surface area contributed by atoms with Crippen LogP contribution in [0.25, 0.3) is 11.5 Å². The van der Waals surface area contributed by atoms with Gasteiger partial charge in [-0.3, -0.25) is 4.98 Å². The van der Waals surface area contributed by atoms with Gasteiger partial charge < -0.3 is 5.32 Å². The molecule has 0 bridgehead atoms. The van der Waals surface area contributed by atoms with E-state index in [1.165, 1.54) is 0 Å². The Morgan fingerprint density at radius 3 is 2.26 bits per heavy atom. The maximum atomic E-state index is 5.80. The molecule has 0 aliphatic carbocycles. The van der Waals surface area contributed by atoms with Gasteiger partial charge in [0.25, 0.3) is 0 Å². The zero-order valence-corrected chi connectivity index (χ0v) is 12.1. The highest BCUT2D eigenvalue weighted by atomic mass is 35.5. The Balaban J connectivity index is 2.08. The van der Waals surface area contributed by atoms with Gasteiger partial charge in [-0.1, -0.05) is 11.6 Å². The highest BCUT2D eigenvalue weighted by Gasteiger charge is 2.09. The molecule has 2 heterocycles. The van der Waals surface area contributed by atoms with Gasteiger partial charge in [-0.15, -0.1) is 0 Å². The summed E-state index contributed by atoms with van der Waals surface area (Å²) in [5, 5.41) is 4.00. The van der Waals surface area contributed by atoms with E-state index in [4.69, 9.17) is 11.6 Å². The molecule has 2 aromatic heterocycles. The van der Waals surface area contributed by atoms with Gasteiger partial charge in [0.15, 0.2) is 5.82 Å². The summed E-state index contributed by atoms with van der Waals surface area (Å²) in [6.07, 6.45) is 5.23. The van der Waals surface area contributed by atoms with E-state index in [1.807, 2.05) is 18.5 Å². The van der Waals surface area contributed by atoms with Crippen molar-refractivity contribution in [2.75, 3.05) is 0 Å². The third-order valence-electron chi connectivity index (χ3n) is 2.48. The summed E-state index contributed by atoms with van der Waals surface area (Å²) in [6.45, 7) is 7.12. The highest BCUT2D eigenvalue weighted by molar-refractivity contribution is 6.30. The quantitative estimate of drug-likeness (QED) is 0.936.